The zero-order valence-corrected chi connectivity index (χ0v) is 18.1. The minimum absolute atomic E-state index is 0.0408. The third-order valence-electron chi connectivity index (χ3n) is 4.95. The van der Waals surface area contributed by atoms with Gasteiger partial charge in [0.2, 0.25) is 5.78 Å². The molecule has 0 fully saturated rings. The van der Waals surface area contributed by atoms with E-state index < -0.39 is 5.78 Å². The van der Waals surface area contributed by atoms with E-state index in [0.717, 1.165) is 16.7 Å². The molecule has 0 spiro atoms. The van der Waals surface area contributed by atoms with E-state index in [2.05, 4.69) is 5.32 Å². The fraction of sp³-hybridized carbons (Fsp3) is 0.0833. The quantitative estimate of drug-likeness (QED) is 0.192. The summed E-state index contributed by atoms with van der Waals surface area (Å²) in [6.45, 7) is 2.62. The third-order valence-corrected chi connectivity index (χ3v) is 5.50. The van der Waals surface area contributed by atoms with Crippen molar-refractivity contribution in [1.82, 2.24) is 5.32 Å². The number of halogens is 2. The summed E-state index contributed by atoms with van der Waals surface area (Å²) < 4.78 is 5.86. The number of hydrogen-bond acceptors (Lipinski definition) is 4. The standard InChI is InChI=1S/C24H19Cl2N3O2/c1-2-29-24(28)15-5-3-4-13(10-15)14-6-8-18-20(11-14)31-23(21(18)27)22(30)17-9-7-16(25)12-19(17)26/h3-12H,2,27H2,1H3,(H2,28,29). The number of ketones is 1. The number of nitrogen functional groups attached to an aromatic ring is 1. The number of benzene rings is 3. The van der Waals surface area contributed by atoms with Crippen LogP contribution in [0.3, 0.4) is 0 Å². The van der Waals surface area contributed by atoms with Gasteiger partial charge in [0.1, 0.15) is 11.4 Å². The molecule has 0 aliphatic heterocycles. The monoisotopic (exact) mass is 451 g/mol. The summed E-state index contributed by atoms with van der Waals surface area (Å²) in [6.07, 6.45) is 0. The summed E-state index contributed by atoms with van der Waals surface area (Å²) in [7, 11) is 0. The topological polar surface area (TPSA) is 92.1 Å². The Hall–Kier alpha value is -3.28. The highest BCUT2D eigenvalue weighted by molar-refractivity contribution is 6.37. The molecule has 0 aliphatic rings. The van der Waals surface area contributed by atoms with E-state index in [1.54, 1.807) is 12.1 Å². The summed E-state index contributed by atoms with van der Waals surface area (Å²) in [5.41, 5.74) is 9.84. The number of furan rings is 1. The molecule has 0 radical (unpaired) electrons. The molecular formula is C24H19Cl2N3O2. The van der Waals surface area contributed by atoms with Gasteiger partial charge < -0.3 is 15.5 Å². The minimum Gasteiger partial charge on any atom is -0.450 e. The lowest BCUT2D eigenvalue weighted by Gasteiger charge is -2.08. The zero-order valence-electron chi connectivity index (χ0n) is 16.6. The van der Waals surface area contributed by atoms with Gasteiger partial charge in [0.25, 0.3) is 0 Å². The Labute approximate surface area is 189 Å². The molecule has 0 unspecified atom stereocenters. The van der Waals surface area contributed by atoms with Gasteiger partial charge in [-0.1, -0.05) is 47.5 Å². The van der Waals surface area contributed by atoms with Crippen LogP contribution in [0, 0.1) is 5.41 Å². The number of rotatable bonds is 5. The SMILES string of the molecule is CCNC(=N)c1cccc(-c2ccc3c(N)c(C(=O)c4ccc(Cl)cc4Cl)oc3c2)c1. The number of carbonyl (C=O) groups excluding carboxylic acids is 1. The molecule has 3 aromatic carbocycles. The Morgan fingerprint density at radius 2 is 1.84 bits per heavy atom. The van der Waals surface area contributed by atoms with Gasteiger partial charge in [-0.3, -0.25) is 10.2 Å². The summed E-state index contributed by atoms with van der Waals surface area (Å²) in [5, 5.41) is 12.4. The summed E-state index contributed by atoms with van der Waals surface area (Å²) in [4.78, 5) is 13.0. The van der Waals surface area contributed by atoms with Gasteiger partial charge in [0, 0.05) is 28.1 Å². The van der Waals surface area contributed by atoms with Crippen molar-refractivity contribution in [3.8, 4) is 11.1 Å². The maximum absolute atomic E-state index is 13.0. The van der Waals surface area contributed by atoms with E-state index in [1.165, 1.54) is 6.07 Å². The Balaban J connectivity index is 1.74. The van der Waals surface area contributed by atoms with E-state index in [9.17, 15) is 4.79 Å². The smallest absolute Gasteiger partial charge is 0.231 e. The van der Waals surface area contributed by atoms with Crippen LogP contribution in [0.25, 0.3) is 22.1 Å². The highest BCUT2D eigenvalue weighted by Crippen LogP contribution is 2.34. The molecule has 4 aromatic rings. The van der Waals surface area contributed by atoms with Crippen LogP contribution in [0.2, 0.25) is 10.0 Å². The fourth-order valence-electron chi connectivity index (χ4n) is 3.39. The fourth-order valence-corrected chi connectivity index (χ4v) is 3.89. The minimum atomic E-state index is -0.405. The molecule has 0 saturated carbocycles. The number of carbonyl (C=O) groups is 1. The lowest BCUT2D eigenvalue weighted by atomic mass is 10.0. The number of hydrogen-bond donors (Lipinski definition) is 3. The summed E-state index contributed by atoms with van der Waals surface area (Å²) in [6, 6.07) is 17.9. The van der Waals surface area contributed by atoms with Crippen molar-refractivity contribution in [2.24, 2.45) is 0 Å². The van der Waals surface area contributed by atoms with Crippen molar-refractivity contribution in [1.29, 1.82) is 5.41 Å². The molecule has 31 heavy (non-hydrogen) atoms. The van der Waals surface area contributed by atoms with Crippen LogP contribution in [0.5, 0.6) is 0 Å². The second-order valence-electron chi connectivity index (χ2n) is 7.00. The molecule has 1 aromatic heterocycles. The third kappa shape index (κ3) is 4.02. The molecule has 0 bridgehead atoms. The van der Waals surface area contributed by atoms with Gasteiger partial charge in [-0.25, -0.2) is 0 Å². The predicted octanol–water partition coefficient (Wildman–Crippen LogP) is 6.15. The number of nitrogens with one attached hydrogen (secondary N) is 2. The first-order chi connectivity index (χ1) is 14.9. The van der Waals surface area contributed by atoms with E-state index >= 15 is 0 Å². The Morgan fingerprint density at radius 3 is 2.58 bits per heavy atom. The van der Waals surface area contributed by atoms with Crippen molar-refractivity contribution >= 4 is 51.5 Å². The van der Waals surface area contributed by atoms with Crippen molar-refractivity contribution in [2.75, 3.05) is 12.3 Å². The predicted molar refractivity (Wildman–Crippen MR) is 126 cm³/mol. The second kappa shape index (κ2) is 8.46. The van der Waals surface area contributed by atoms with Gasteiger partial charge >= 0.3 is 0 Å². The van der Waals surface area contributed by atoms with Crippen molar-refractivity contribution in [3.63, 3.8) is 0 Å². The van der Waals surface area contributed by atoms with Gasteiger partial charge in [0.05, 0.1) is 10.7 Å². The number of nitrogens with two attached hydrogens (primary N) is 1. The zero-order chi connectivity index (χ0) is 22.1. The van der Waals surface area contributed by atoms with Crippen LogP contribution in [0.15, 0.2) is 65.1 Å². The molecule has 1 heterocycles. The first kappa shape index (κ1) is 21.0. The Bertz CT molecular complexity index is 1330. The first-order valence-electron chi connectivity index (χ1n) is 9.64. The van der Waals surface area contributed by atoms with Crippen LogP contribution in [-0.4, -0.2) is 18.2 Å². The van der Waals surface area contributed by atoms with Gasteiger partial charge in [0.15, 0.2) is 5.76 Å². The van der Waals surface area contributed by atoms with Crippen molar-refractivity contribution in [2.45, 2.75) is 6.92 Å². The molecule has 0 atom stereocenters. The van der Waals surface area contributed by atoms with Crippen molar-refractivity contribution < 1.29 is 9.21 Å². The van der Waals surface area contributed by atoms with E-state index in [4.69, 9.17) is 38.8 Å². The molecule has 5 nitrogen and oxygen atoms in total. The van der Waals surface area contributed by atoms with Gasteiger partial charge in [-0.15, -0.1) is 0 Å². The van der Waals surface area contributed by atoms with Gasteiger partial charge in [-0.2, -0.15) is 0 Å². The van der Waals surface area contributed by atoms with Crippen LogP contribution in [0.4, 0.5) is 5.69 Å². The largest absolute Gasteiger partial charge is 0.450 e. The molecule has 4 N–H and O–H groups in total. The Kier molecular flexibility index (Phi) is 5.72. The number of anilines is 1. The molecule has 156 valence electrons. The van der Waals surface area contributed by atoms with Crippen molar-refractivity contribution in [3.05, 3.63) is 87.6 Å². The summed E-state index contributed by atoms with van der Waals surface area (Å²) in [5.74, 6) is -0.00236. The lowest BCUT2D eigenvalue weighted by molar-refractivity contribution is 0.101. The average molecular weight is 452 g/mol. The maximum atomic E-state index is 13.0. The Morgan fingerprint density at radius 1 is 1.06 bits per heavy atom. The molecular weight excluding hydrogens is 433 g/mol. The van der Waals surface area contributed by atoms with Crippen LogP contribution in [-0.2, 0) is 0 Å². The number of fused-ring (bicyclic) bond motifs is 1. The maximum Gasteiger partial charge on any atom is 0.231 e. The number of amidine groups is 1. The second-order valence-corrected chi connectivity index (χ2v) is 7.84. The van der Waals surface area contributed by atoms with Gasteiger partial charge in [-0.05, 0) is 54.4 Å². The van der Waals surface area contributed by atoms with Crippen LogP contribution in [0.1, 0.15) is 28.6 Å². The molecule has 0 amide bonds. The van der Waals surface area contributed by atoms with Crippen LogP contribution >= 0.6 is 23.2 Å². The van der Waals surface area contributed by atoms with E-state index in [0.29, 0.717) is 28.4 Å². The summed E-state index contributed by atoms with van der Waals surface area (Å²) >= 11 is 12.1. The van der Waals surface area contributed by atoms with E-state index in [-0.39, 0.29) is 22.0 Å². The highest BCUT2D eigenvalue weighted by atomic mass is 35.5. The lowest BCUT2D eigenvalue weighted by Crippen LogP contribution is -2.22. The highest BCUT2D eigenvalue weighted by Gasteiger charge is 2.22. The first-order valence-corrected chi connectivity index (χ1v) is 10.4. The molecule has 0 saturated heterocycles. The molecule has 0 aliphatic carbocycles. The van der Waals surface area contributed by atoms with Crippen LogP contribution < -0.4 is 11.1 Å². The van der Waals surface area contributed by atoms with E-state index in [1.807, 2.05) is 49.4 Å². The molecule has 7 heteroatoms. The average Bonchev–Trinajstić information content (AvgIpc) is 3.09. The normalized spacial score (nSPS) is 10.9. The molecule has 4 rings (SSSR count).